The summed E-state index contributed by atoms with van der Waals surface area (Å²) < 4.78 is 2.13. The lowest BCUT2D eigenvalue weighted by atomic mass is 10.3. The molecule has 0 atom stereocenters. The Balaban J connectivity index is 1.59. The molecule has 0 radical (unpaired) electrons. The molecule has 1 aliphatic heterocycles. The lowest BCUT2D eigenvalue weighted by Gasteiger charge is -2.12. The monoisotopic (exact) mass is 309 g/mol. The SMILES string of the molecule is Cc1nc2ccccc2n1Cc1cc(C(=O)N2CCCC2)n[nH]1. The normalized spacial score (nSPS) is 14.7. The van der Waals surface area contributed by atoms with Crippen LogP contribution in [-0.4, -0.2) is 43.6 Å². The molecule has 6 heteroatoms. The van der Waals surface area contributed by atoms with Crippen LogP contribution >= 0.6 is 0 Å². The lowest BCUT2D eigenvalue weighted by molar-refractivity contribution is 0.0787. The van der Waals surface area contributed by atoms with Gasteiger partial charge in [0.05, 0.1) is 23.3 Å². The quantitative estimate of drug-likeness (QED) is 0.807. The van der Waals surface area contributed by atoms with Gasteiger partial charge < -0.3 is 9.47 Å². The van der Waals surface area contributed by atoms with Gasteiger partial charge in [0.25, 0.3) is 5.91 Å². The lowest BCUT2D eigenvalue weighted by Crippen LogP contribution is -2.27. The van der Waals surface area contributed by atoms with Gasteiger partial charge in [-0.25, -0.2) is 4.98 Å². The third kappa shape index (κ3) is 2.50. The van der Waals surface area contributed by atoms with Crippen LogP contribution in [0.25, 0.3) is 11.0 Å². The highest BCUT2D eigenvalue weighted by molar-refractivity contribution is 5.92. The molecule has 4 rings (SSSR count). The van der Waals surface area contributed by atoms with Crippen molar-refractivity contribution in [2.75, 3.05) is 13.1 Å². The van der Waals surface area contributed by atoms with E-state index in [2.05, 4.69) is 25.8 Å². The van der Waals surface area contributed by atoms with Crippen molar-refractivity contribution < 1.29 is 4.79 Å². The molecule has 1 aromatic carbocycles. The number of para-hydroxylation sites is 2. The van der Waals surface area contributed by atoms with Crippen molar-refractivity contribution in [1.29, 1.82) is 0 Å². The number of carbonyl (C=O) groups is 1. The predicted molar refractivity (Wildman–Crippen MR) is 87.3 cm³/mol. The van der Waals surface area contributed by atoms with Crippen LogP contribution in [0.4, 0.5) is 0 Å². The molecule has 3 aromatic rings. The molecule has 0 aliphatic carbocycles. The van der Waals surface area contributed by atoms with Crippen LogP contribution in [0, 0.1) is 6.92 Å². The molecule has 0 bridgehead atoms. The van der Waals surface area contributed by atoms with Gasteiger partial charge in [0.2, 0.25) is 0 Å². The first-order chi connectivity index (χ1) is 11.2. The summed E-state index contributed by atoms with van der Waals surface area (Å²) in [5, 5.41) is 7.20. The number of amides is 1. The predicted octanol–water partition coefficient (Wildman–Crippen LogP) is 2.35. The van der Waals surface area contributed by atoms with Crippen LogP contribution < -0.4 is 0 Å². The number of aromatic amines is 1. The first-order valence-corrected chi connectivity index (χ1v) is 7.98. The maximum Gasteiger partial charge on any atom is 0.274 e. The number of fused-ring (bicyclic) bond motifs is 1. The van der Waals surface area contributed by atoms with E-state index < -0.39 is 0 Å². The third-order valence-electron chi connectivity index (χ3n) is 4.42. The average Bonchev–Trinajstić information content (AvgIpc) is 3.28. The van der Waals surface area contributed by atoms with E-state index in [0.29, 0.717) is 12.2 Å². The second-order valence-corrected chi connectivity index (χ2v) is 6.01. The van der Waals surface area contributed by atoms with Crippen LogP contribution in [0.15, 0.2) is 30.3 Å². The van der Waals surface area contributed by atoms with E-state index in [1.807, 2.05) is 36.1 Å². The van der Waals surface area contributed by atoms with Crippen molar-refractivity contribution in [3.8, 4) is 0 Å². The summed E-state index contributed by atoms with van der Waals surface area (Å²) in [6.07, 6.45) is 2.17. The molecular weight excluding hydrogens is 290 g/mol. The van der Waals surface area contributed by atoms with Gasteiger partial charge in [-0.1, -0.05) is 12.1 Å². The Bertz CT molecular complexity index is 857. The van der Waals surface area contributed by atoms with E-state index in [-0.39, 0.29) is 5.91 Å². The first-order valence-electron chi connectivity index (χ1n) is 7.98. The fourth-order valence-corrected chi connectivity index (χ4v) is 3.20. The largest absolute Gasteiger partial charge is 0.337 e. The number of imidazole rings is 1. The molecule has 2 aromatic heterocycles. The number of rotatable bonds is 3. The zero-order chi connectivity index (χ0) is 15.8. The maximum absolute atomic E-state index is 12.4. The van der Waals surface area contributed by atoms with E-state index >= 15 is 0 Å². The Morgan fingerprint density at radius 2 is 2.04 bits per heavy atom. The minimum absolute atomic E-state index is 0.0252. The smallest absolute Gasteiger partial charge is 0.274 e. The van der Waals surface area contributed by atoms with Crippen molar-refractivity contribution in [2.24, 2.45) is 0 Å². The van der Waals surface area contributed by atoms with Gasteiger partial charge in [-0.2, -0.15) is 5.10 Å². The number of H-pyrrole nitrogens is 1. The highest BCUT2D eigenvalue weighted by Gasteiger charge is 2.21. The average molecular weight is 309 g/mol. The molecule has 0 saturated carbocycles. The van der Waals surface area contributed by atoms with Crippen molar-refractivity contribution in [3.05, 3.63) is 47.5 Å². The van der Waals surface area contributed by atoms with Crippen molar-refractivity contribution >= 4 is 16.9 Å². The second kappa shape index (κ2) is 5.53. The van der Waals surface area contributed by atoms with Crippen LogP contribution in [0.1, 0.15) is 34.8 Å². The van der Waals surface area contributed by atoms with Gasteiger partial charge in [0, 0.05) is 13.1 Å². The fourth-order valence-electron chi connectivity index (χ4n) is 3.20. The summed E-state index contributed by atoms with van der Waals surface area (Å²) in [5.41, 5.74) is 3.49. The van der Waals surface area contributed by atoms with E-state index in [0.717, 1.165) is 48.5 Å². The van der Waals surface area contributed by atoms with E-state index in [1.165, 1.54) is 0 Å². The number of benzene rings is 1. The number of aromatic nitrogens is 4. The summed E-state index contributed by atoms with van der Waals surface area (Å²) in [4.78, 5) is 18.8. The molecule has 0 spiro atoms. The van der Waals surface area contributed by atoms with Crippen LogP contribution in [0.5, 0.6) is 0 Å². The Labute approximate surface area is 134 Å². The van der Waals surface area contributed by atoms with Crippen LogP contribution in [0.2, 0.25) is 0 Å². The zero-order valence-corrected chi connectivity index (χ0v) is 13.1. The van der Waals surface area contributed by atoms with Crippen molar-refractivity contribution in [1.82, 2.24) is 24.6 Å². The molecular formula is C17H19N5O. The Morgan fingerprint density at radius 3 is 2.87 bits per heavy atom. The van der Waals surface area contributed by atoms with E-state index in [9.17, 15) is 4.79 Å². The highest BCUT2D eigenvalue weighted by Crippen LogP contribution is 2.18. The first kappa shape index (κ1) is 14.0. The Hall–Kier alpha value is -2.63. The van der Waals surface area contributed by atoms with Gasteiger partial charge >= 0.3 is 0 Å². The van der Waals surface area contributed by atoms with Crippen LogP contribution in [0.3, 0.4) is 0 Å². The summed E-state index contributed by atoms with van der Waals surface area (Å²) in [5.74, 6) is 0.977. The standard InChI is InChI=1S/C17H19N5O/c1-12-18-14-6-2-3-7-16(14)22(12)11-13-10-15(20-19-13)17(23)21-8-4-5-9-21/h2-3,6-7,10H,4-5,8-9,11H2,1H3,(H,19,20). The molecule has 118 valence electrons. The number of carbonyl (C=O) groups excluding carboxylic acids is 1. The minimum Gasteiger partial charge on any atom is -0.337 e. The number of likely N-dealkylation sites (tertiary alicyclic amines) is 1. The van der Waals surface area contributed by atoms with Gasteiger partial charge in [-0.15, -0.1) is 0 Å². The fraction of sp³-hybridized carbons (Fsp3) is 0.353. The molecule has 1 saturated heterocycles. The van der Waals surface area contributed by atoms with E-state index in [1.54, 1.807) is 0 Å². The van der Waals surface area contributed by atoms with E-state index in [4.69, 9.17) is 0 Å². The minimum atomic E-state index is 0.0252. The zero-order valence-electron chi connectivity index (χ0n) is 13.1. The second-order valence-electron chi connectivity index (χ2n) is 6.01. The molecule has 0 unspecified atom stereocenters. The van der Waals surface area contributed by atoms with Gasteiger partial charge in [0.15, 0.2) is 0 Å². The third-order valence-corrected chi connectivity index (χ3v) is 4.42. The molecule has 1 fully saturated rings. The Kier molecular flexibility index (Phi) is 3.37. The number of hydrogen-bond acceptors (Lipinski definition) is 3. The molecule has 1 amide bonds. The molecule has 3 heterocycles. The summed E-state index contributed by atoms with van der Waals surface area (Å²) in [6.45, 7) is 4.30. The number of aryl methyl sites for hydroxylation is 1. The summed E-state index contributed by atoms with van der Waals surface area (Å²) in [7, 11) is 0. The van der Waals surface area contributed by atoms with Crippen LogP contribution in [-0.2, 0) is 6.54 Å². The van der Waals surface area contributed by atoms with Gasteiger partial charge in [-0.3, -0.25) is 9.89 Å². The van der Waals surface area contributed by atoms with Gasteiger partial charge in [-0.05, 0) is 38.0 Å². The Morgan fingerprint density at radius 1 is 1.26 bits per heavy atom. The number of nitrogens with zero attached hydrogens (tertiary/aromatic N) is 4. The topological polar surface area (TPSA) is 66.8 Å². The van der Waals surface area contributed by atoms with Crippen molar-refractivity contribution in [2.45, 2.75) is 26.3 Å². The van der Waals surface area contributed by atoms with Gasteiger partial charge in [0.1, 0.15) is 11.5 Å². The molecule has 6 nitrogen and oxygen atoms in total. The molecule has 1 N–H and O–H groups in total. The highest BCUT2D eigenvalue weighted by atomic mass is 16.2. The number of hydrogen-bond donors (Lipinski definition) is 1. The summed E-state index contributed by atoms with van der Waals surface area (Å²) >= 11 is 0. The maximum atomic E-state index is 12.4. The summed E-state index contributed by atoms with van der Waals surface area (Å²) in [6, 6.07) is 9.92. The molecule has 23 heavy (non-hydrogen) atoms. The van der Waals surface area contributed by atoms with Crippen molar-refractivity contribution in [3.63, 3.8) is 0 Å². The molecule has 1 aliphatic rings. The number of nitrogens with one attached hydrogen (secondary N) is 1.